The zero-order chi connectivity index (χ0) is 12.1. The maximum absolute atomic E-state index is 10.2. The molecule has 0 spiro atoms. The highest BCUT2D eigenvalue weighted by molar-refractivity contribution is 5.66. The first kappa shape index (κ1) is 14.9. The van der Waals surface area contributed by atoms with Gasteiger partial charge in [0, 0.05) is 6.42 Å². The van der Waals surface area contributed by atoms with E-state index in [2.05, 4.69) is 18.7 Å². The van der Waals surface area contributed by atoms with Crippen LogP contribution in [0.15, 0.2) is 24.8 Å². The molecule has 0 bridgehead atoms. The molecule has 0 aliphatic carbocycles. The monoisotopic (exact) mass is 224 g/mol. The summed E-state index contributed by atoms with van der Waals surface area (Å²) in [4.78, 5) is 10.2. The summed E-state index contributed by atoms with van der Waals surface area (Å²) < 4.78 is 0. The van der Waals surface area contributed by atoms with Crippen LogP contribution < -0.4 is 0 Å². The Morgan fingerprint density at radius 1 is 1.00 bits per heavy atom. The molecule has 0 aliphatic rings. The molecule has 16 heavy (non-hydrogen) atoms. The van der Waals surface area contributed by atoms with Gasteiger partial charge < -0.3 is 5.11 Å². The summed E-state index contributed by atoms with van der Waals surface area (Å²) >= 11 is 0. The first-order chi connectivity index (χ1) is 7.77. The van der Waals surface area contributed by atoms with Gasteiger partial charge in [-0.05, 0) is 25.7 Å². The fraction of sp³-hybridized carbons (Fsp3) is 0.643. The molecular weight excluding hydrogens is 200 g/mol. The summed E-state index contributed by atoms with van der Waals surface area (Å²) in [6.45, 7) is 3.66. The first-order valence-corrected chi connectivity index (χ1v) is 6.25. The van der Waals surface area contributed by atoms with E-state index in [1.165, 1.54) is 25.7 Å². The summed E-state index contributed by atoms with van der Waals surface area (Å²) in [5.74, 6) is -0.674. The van der Waals surface area contributed by atoms with Crippen molar-refractivity contribution in [1.82, 2.24) is 0 Å². The van der Waals surface area contributed by atoms with E-state index < -0.39 is 5.97 Å². The molecule has 0 unspecified atom stereocenters. The number of allylic oxidation sites excluding steroid dienone is 3. The Morgan fingerprint density at radius 2 is 1.62 bits per heavy atom. The Balaban J connectivity index is 3.04. The van der Waals surface area contributed by atoms with E-state index in [9.17, 15) is 4.79 Å². The molecule has 0 amide bonds. The summed E-state index contributed by atoms with van der Waals surface area (Å²) in [6.07, 6.45) is 15.5. The molecule has 2 nitrogen and oxygen atoms in total. The number of carboxylic acids is 1. The molecule has 0 saturated heterocycles. The topological polar surface area (TPSA) is 37.3 Å². The van der Waals surface area contributed by atoms with E-state index in [4.69, 9.17) is 5.11 Å². The summed E-state index contributed by atoms with van der Waals surface area (Å²) in [7, 11) is 0. The Morgan fingerprint density at radius 3 is 2.25 bits per heavy atom. The van der Waals surface area contributed by atoms with Crippen molar-refractivity contribution in [2.24, 2.45) is 0 Å². The maximum Gasteiger partial charge on any atom is 0.303 e. The van der Waals surface area contributed by atoms with E-state index in [-0.39, 0.29) is 0 Å². The van der Waals surface area contributed by atoms with Crippen molar-refractivity contribution in [1.29, 1.82) is 0 Å². The third kappa shape index (κ3) is 12.9. The molecule has 0 rings (SSSR count). The Labute approximate surface area is 99.1 Å². The lowest BCUT2D eigenvalue weighted by atomic mass is 10.1. The van der Waals surface area contributed by atoms with Crippen LogP contribution in [0.1, 0.15) is 57.8 Å². The highest BCUT2D eigenvalue weighted by Gasteiger charge is 1.95. The van der Waals surface area contributed by atoms with Crippen LogP contribution >= 0.6 is 0 Å². The normalized spacial score (nSPS) is 10.8. The van der Waals surface area contributed by atoms with Crippen molar-refractivity contribution in [3.63, 3.8) is 0 Å². The Bertz CT molecular complexity index is 207. The van der Waals surface area contributed by atoms with Gasteiger partial charge in [0.25, 0.3) is 0 Å². The minimum atomic E-state index is -0.674. The number of carboxylic acid groups (broad SMARTS) is 1. The number of unbranched alkanes of at least 4 members (excludes halogenated alkanes) is 6. The van der Waals surface area contributed by atoms with Gasteiger partial charge in [0.2, 0.25) is 0 Å². The number of carbonyl (C=O) groups is 1. The van der Waals surface area contributed by atoms with Crippen molar-refractivity contribution >= 4 is 5.97 Å². The lowest BCUT2D eigenvalue weighted by molar-refractivity contribution is -0.137. The van der Waals surface area contributed by atoms with Crippen LogP contribution in [0.2, 0.25) is 0 Å². The lowest BCUT2D eigenvalue weighted by Crippen LogP contribution is -1.93. The standard InChI is InChI=1S/C14H24O2/c1-2-3-4-5-6-7-8-9-10-11-12-13-14(15)16/h2,4-5H,1,3,6-13H2,(H,15,16). The molecule has 92 valence electrons. The van der Waals surface area contributed by atoms with Crippen molar-refractivity contribution in [2.45, 2.75) is 57.8 Å². The third-order valence-electron chi connectivity index (χ3n) is 2.48. The van der Waals surface area contributed by atoms with Crippen LogP contribution in [-0.4, -0.2) is 11.1 Å². The summed E-state index contributed by atoms with van der Waals surface area (Å²) in [5, 5.41) is 8.44. The van der Waals surface area contributed by atoms with E-state index in [0.717, 1.165) is 25.7 Å². The van der Waals surface area contributed by atoms with Crippen molar-refractivity contribution < 1.29 is 9.90 Å². The fourth-order valence-electron chi connectivity index (χ4n) is 1.56. The van der Waals surface area contributed by atoms with Crippen molar-refractivity contribution in [2.75, 3.05) is 0 Å². The minimum Gasteiger partial charge on any atom is -0.481 e. The minimum absolute atomic E-state index is 0.324. The van der Waals surface area contributed by atoms with Crippen LogP contribution in [0.5, 0.6) is 0 Å². The van der Waals surface area contributed by atoms with Crippen LogP contribution in [-0.2, 0) is 4.79 Å². The van der Waals surface area contributed by atoms with E-state index in [1.807, 2.05) is 6.08 Å². The average molecular weight is 224 g/mol. The van der Waals surface area contributed by atoms with Gasteiger partial charge in [0.15, 0.2) is 0 Å². The highest BCUT2D eigenvalue weighted by Crippen LogP contribution is 2.08. The van der Waals surface area contributed by atoms with Gasteiger partial charge in [-0.15, -0.1) is 6.58 Å². The quantitative estimate of drug-likeness (QED) is 0.419. The zero-order valence-corrected chi connectivity index (χ0v) is 10.2. The average Bonchev–Trinajstić information content (AvgIpc) is 2.25. The first-order valence-electron chi connectivity index (χ1n) is 6.25. The molecule has 1 N–H and O–H groups in total. The van der Waals surface area contributed by atoms with Crippen LogP contribution in [0.4, 0.5) is 0 Å². The maximum atomic E-state index is 10.2. The van der Waals surface area contributed by atoms with Crippen molar-refractivity contribution in [3.05, 3.63) is 24.8 Å². The predicted octanol–water partition coefficient (Wildman–Crippen LogP) is 4.32. The second-order valence-corrected chi connectivity index (χ2v) is 4.05. The zero-order valence-electron chi connectivity index (χ0n) is 10.2. The highest BCUT2D eigenvalue weighted by atomic mass is 16.4. The number of aliphatic carboxylic acids is 1. The molecular formula is C14H24O2. The van der Waals surface area contributed by atoms with Gasteiger partial charge in [-0.1, -0.05) is 43.9 Å². The lowest BCUT2D eigenvalue weighted by Gasteiger charge is -1.99. The van der Waals surface area contributed by atoms with Gasteiger partial charge in [-0.25, -0.2) is 0 Å². The number of hydrogen-bond acceptors (Lipinski definition) is 1. The van der Waals surface area contributed by atoms with E-state index >= 15 is 0 Å². The van der Waals surface area contributed by atoms with Crippen LogP contribution in [0.3, 0.4) is 0 Å². The molecule has 0 aliphatic heterocycles. The van der Waals surface area contributed by atoms with E-state index in [0.29, 0.717) is 6.42 Å². The smallest absolute Gasteiger partial charge is 0.303 e. The fourth-order valence-corrected chi connectivity index (χ4v) is 1.56. The Kier molecular flexibility index (Phi) is 11.2. The van der Waals surface area contributed by atoms with Crippen molar-refractivity contribution in [3.8, 4) is 0 Å². The molecule has 0 aromatic heterocycles. The Hall–Kier alpha value is -1.05. The molecule has 2 heteroatoms. The van der Waals surface area contributed by atoms with Crippen LogP contribution in [0, 0.1) is 0 Å². The van der Waals surface area contributed by atoms with E-state index in [1.54, 1.807) is 0 Å². The van der Waals surface area contributed by atoms with Gasteiger partial charge in [0.05, 0.1) is 0 Å². The summed E-state index contributed by atoms with van der Waals surface area (Å²) in [6, 6.07) is 0. The molecule has 0 saturated carbocycles. The number of rotatable bonds is 11. The van der Waals surface area contributed by atoms with Gasteiger partial charge >= 0.3 is 5.97 Å². The molecule has 0 radical (unpaired) electrons. The molecule has 0 atom stereocenters. The van der Waals surface area contributed by atoms with Crippen LogP contribution in [0.25, 0.3) is 0 Å². The molecule has 0 fully saturated rings. The molecule has 0 aromatic carbocycles. The molecule has 0 heterocycles. The third-order valence-corrected chi connectivity index (χ3v) is 2.48. The second kappa shape index (κ2) is 12.0. The molecule has 0 aromatic rings. The van der Waals surface area contributed by atoms with Gasteiger partial charge in [0.1, 0.15) is 0 Å². The largest absolute Gasteiger partial charge is 0.481 e. The predicted molar refractivity (Wildman–Crippen MR) is 68.5 cm³/mol. The second-order valence-electron chi connectivity index (χ2n) is 4.05. The number of hydrogen-bond donors (Lipinski definition) is 1. The van der Waals surface area contributed by atoms with Gasteiger partial charge in [-0.3, -0.25) is 4.79 Å². The SMILES string of the molecule is C=CCC=CCCCCCCCCC(=O)O. The van der Waals surface area contributed by atoms with Gasteiger partial charge in [-0.2, -0.15) is 0 Å². The summed E-state index contributed by atoms with van der Waals surface area (Å²) in [5.41, 5.74) is 0.